The molecule has 0 radical (unpaired) electrons. The Morgan fingerprint density at radius 1 is 1.19 bits per heavy atom. The number of nitrogens with one attached hydrogen (secondary N) is 1. The lowest BCUT2D eigenvalue weighted by atomic mass is 10.2. The lowest BCUT2D eigenvalue weighted by molar-refractivity contribution is 0.415. The van der Waals surface area contributed by atoms with Crippen LogP contribution < -0.4 is 15.0 Å². The molecule has 0 amide bonds. The van der Waals surface area contributed by atoms with E-state index < -0.39 is 0 Å². The average molecular weight is 286 g/mol. The molecule has 0 fully saturated rings. The maximum atomic E-state index is 5.38. The van der Waals surface area contributed by atoms with Crippen molar-refractivity contribution >= 4 is 11.5 Å². The van der Waals surface area contributed by atoms with Gasteiger partial charge in [-0.15, -0.1) is 0 Å². The van der Waals surface area contributed by atoms with Gasteiger partial charge in [-0.05, 0) is 25.1 Å². The molecule has 1 heterocycles. The van der Waals surface area contributed by atoms with Gasteiger partial charge in [0.25, 0.3) is 0 Å². The van der Waals surface area contributed by atoms with Crippen LogP contribution in [0.5, 0.6) is 5.75 Å². The normalized spacial score (nSPS) is 10.4. The van der Waals surface area contributed by atoms with Crippen molar-refractivity contribution in [2.75, 3.05) is 25.6 Å². The molecular weight excluding hydrogens is 264 g/mol. The minimum atomic E-state index is 0.749. The Morgan fingerprint density at radius 3 is 2.67 bits per heavy atom. The number of hydrogen-bond acceptors (Lipinski definition) is 5. The molecular formula is C16H22N4O. The van der Waals surface area contributed by atoms with Crippen molar-refractivity contribution in [3.05, 3.63) is 42.4 Å². The van der Waals surface area contributed by atoms with Crippen LogP contribution in [0, 0.1) is 0 Å². The SMILES string of the molecule is CCCNCc1cnc(N(C)c2ccccc2OC)cn1. The van der Waals surface area contributed by atoms with E-state index in [1.807, 2.05) is 42.4 Å². The molecule has 2 rings (SSSR count). The largest absolute Gasteiger partial charge is 0.495 e. The van der Waals surface area contributed by atoms with Gasteiger partial charge in [0, 0.05) is 13.6 Å². The highest BCUT2D eigenvalue weighted by Gasteiger charge is 2.10. The van der Waals surface area contributed by atoms with Gasteiger partial charge in [-0.25, -0.2) is 4.98 Å². The van der Waals surface area contributed by atoms with Gasteiger partial charge in [0.1, 0.15) is 5.75 Å². The van der Waals surface area contributed by atoms with E-state index in [0.717, 1.165) is 42.5 Å². The van der Waals surface area contributed by atoms with E-state index in [-0.39, 0.29) is 0 Å². The molecule has 0 unspecified atom stereocenters. The van der Waals surface area contributed by atoms with Gasteiger partial charge in [-0.2, -0.15) is 0 Å². The first-order chi connectivity index (χ1) is 10.3. The maximum absolute atomic E-state index is 5.38. The molecule has 0 aliphatic rings. The molecule has 0 spiro atoms. The third kappa shape index (κ3) is 3.92. The summed E-state index contributed by atoms with van der Waals surface area (Å²) < 4.78 is 5.38. The number of rotatable bonds is 7. The second-order valence-corrected chi connectivity index (χ2v) is 4.77. The number of hydrogen-bond donors (Lipinski definition) is 1. The summed E-state index contributed by atoms with van der Waals surface area (Å²) in [5.41, 5.74) is 1.91. The van der Waals surface area contributed by atoms with E-state index in [0.29, 0.717) is 0 Å². The van der Waals surface area contributed by atoms with E-state index in [2.05, 4.69) is 22.2 Å². The van der Waals surface area contributed by atoms with E-state index in [1.54, 1.807) is 13.3 Å². The molecule has 0 aliphatic carbocycles. The molecule has 5 heteroatoms. The second kappa shape index (κ2) is 7.59. The minimum absolute atomic E-state index is 0.749. The number of methoxy groups -OCH3 is 1. The third-order valence-electron chi connectivity index (χ3n) is 3.21. The molecule has 1 aromatic heterocycles. The molecule has 1 N–H and O–H groups in total. The van der Waals surface area contributed by atoms with Crippen LogP contribution in [-0.2, 0) is 6.54 Å². The van der Waals surface area contributed by atoms with Crippen LogP contribution in [-0.4, -0.2) is 30.7 Å². The predicted molar refractivity (Wildman–Crippen MR) is 85.1 cm³/mol. The Bertz CT molecular complexity index is 556. The molecule has 112 valence electrons. The number of anilines is 2. The van der Waals surface area contributed by atoms with Crippen LogP contribution in [0.2, 0.25) is 0 Å². The standard InChI is InChI=1S/C16H22N4O/c1-4-9-17-10-13-11-19-16(12-18-13)20(2)14-7-5-6-8-15(14)21-3/h5-8,11-12,17H,4,9-10H2,1-3H3. The predicted octanol–water partition coefficient (Wildman–Crippen LogP) is 2.75. The minimum Gasteiger partial charge on any atom is -0.495 e. The van der Waals surface area contributed by atoms with Crippen LogP contribution in [0.4, 0.5) is 11.5 Å². The van der Waals surface area contributed by atoms with Crippen molar-refractivity contribution in [3.8, 4) is 5.75 Å². The number of para-hydroxylation sites is 2. The fourth-order valence-corrected chi connectivity index (χ4v) is 2.04. The Kier molecular flexibility index (Phi) is 5.51. The number of nitrogens with zero attached hydrogens (tertiary/aromatic N) is 3. The highest BCUT2D eigenvalue weighted by atomic mass is 16.5. The number of benzene rings is 1. The highest BCUT2D eigenvalue weighted by Crippen LogP contribution is 2.30. The summed E-state index contributed by atoms with van der Waals surface area (Å²) in [4.78, 5) is 10.9. The van der Waals surface area contributed by atoms with Gasteiger partial charge < -0.3 is 15.0 Å². The quantitative estimate of drug-likeness (QED) is 0.793. The molecule has 0 aliphatic heterocycles. The van der Waals surface area contributed by atoms with Crippen molar-refractivity contribution in [2.24, 2.45) is 0 Å². The maximum Gasteiger partial charge on any atom is 0.151 e. The first-order valence-electron chi connectivity index (χ1n) is 7.14. The molecule has 1 aromatic carbocycles. The number of aromatic nitrogens is 2. The molecule has 0 saturated carbocycles. The fraction of sp³-hybridized carbons (Fsp3) is 0.375. The van der Waals surface area contributed by atoms with Gasteiger partial charge >= 0.3 is 0 Å². The van der Waals surface area contributed by atoms with E-state index in [1.165, 1.54) is 0 Å². The van der Waals surface area contributed by atoms with Crippen molar-refractivity contribution < 1.29 is 4.74 Å². The van der Waals surface area contributed by atoms with Crippen LogP contribution in [0.25, 0.3) is 0 Å². The van der Waals surface area contributed by atoms with Crippen molar-refractivity contribution in [3.63, 3.8) is 0 Å². The van der Waals surface area contributed by atoms with Gasteiger partial charge in [-0.3, -0.25) is 4.98 Å². The summed E-state index contributed by atoms with van der Waals surface area (Å²) >= 11 is 0. The molecule has 0 atom stereocenters. The van der Waals surface area contributed by atoms with E-state index in [9.17, 15) is 0 Å². The van der Waals surface area contributed by atoms with Gasteiger partial charge in [0.15, 0.2) is 5.82 Å². The van der Waals surface area contributed by atoms with E-state index >= 15 is 0 Å². The third-order valence-corrected chi connectivity index (χ3v) is 3.21. The molecule has 5 nitrogen and oxygen atoms in total. The average Bonchev–Trinajstić information content (AvgIpc) is 2.55. The van der Waals surface area contributed by atoms with Gasteiger partial charge in [0.05, 0.1) is 30.9 Å². The number of ether oxygens (including phenoxy) is 1. The molecule has 21 heavy (non-hydrogen) atoms. The highest BCUT2D eigenvalue weighted by molar-refractivity contribution is 5.65. The molecule has 2 aromatic rings. The van der Waals surface area contributed by atoms with Gasteiger partial charge in [-0.1, -0.05) is 19.1 Å². The monoisotopic (exact) mass is 286 g/mol. The van der Waals surface area contributed by atoms with Crippen molar-refractivity contribution in [1.29, 1.82) is 0 Å². The summed E-state index contributed by atoms with van der Waals surface area (Å²) in [5.74, 6) is 1.61. The second-order valence-electron chi connectivity index (χ2n) is 4.77. The summed E-state index contributed by atoms with van der Waals surface area (Å²) in [7, 11) is 3.62. The zero-order valence-corrected chi connectivity index (χ0v) is 12.8. The first-order valence-corrected chi connectivity index (χ1v) is 7.14. The summed E-state index contributed by atoms with van der Waals surface area (Å²) in [5, 5.41) is 3.31. The van der Waals surface area contributed by atoms with Crippen LogP contribution >= 0.6 is 0 Å². The van der Waals surface area contributed by atoms with Crippen LogP contribution in [0.1, 0.15) is 19.0 Å². The summed E-state index contributed by atoms with van der Waals surface area (Å²) in [6, 6.07) is 7.86. The Morgan fingerprint density at radius 2 is 2.00 bits per heavy atom. The lowest BCUT2D eigenvalue weighted by Gasteiger charge is -2.20. The lowest BCUT2D eigenvalue weighted by Crippen LogP contribution is -2.16. The Hall–Kier alpha value is -2.14. The van der Waals surface area contributed by atoms with Crippen molar-refractivity contribution in [2.45, 2.75) is 19.9 Å². The first kappa shape index (κ1) is 15.3. The summed E-state index contributed by atoms with van der Waals surface area (Å²) in [6.07, 6.45) is 4.71. The van der Waals surface area contributed by atoms with Crippen molar-refractivity contribution in [1.82, 2.24) is 15.3 Å². The Balaban J connectivity index is 2.10. The van der Waals surface area contributed by atoms with Crippen LogP contribution in [0.15, 0.2) is 36.7 Å². The zero-order valence-electron chi connectivity index (χ0n) is 12.8. The topological polar surface area (TPSA) is 50.3 Å². The zero-order chi connectivity index (χ0) is 15.1. The van der Waals surface area contributed by atoms with Gasteiger partial charge in [0.2, 0.25) is 0 Å². The smallest absolute Gasteiger partial charge is 0.151 e. The molecule has 0 saturated heterocycles. The van der Waals surface area contributed by atoms with Crippen LogP contribution in [0.3, 0.4) is 0 Å². The Labute approximate surface area is 126 Å². The summed E-state index contributed by atoms with van der Waals surface area (Å²) in [6.45, 7) is 3.88. The fourth-order valence-electron chi connectivity index (χ4n) is 2.04. The van der Waals surface area contributed by atoms with E-state index in [4.69, 9.17) is 4.74 Å². The molecule has 0 bridgehead atoms.